The van der Waals surface area contributed by atoms with Gasteiger partial charge in [0.15, 0.2) is 0 Å². The van der Waals surface area contributed by atoms with Crippen molar-refractivity contribution < 1.29 is 19.1 Å². The Kier molecular flexibility index (Phi) is 5.86. The Bertz CT molecular complexity index is 838. The molecule has 1 unspecified atom stereocenters. The minimum absolute atomic E-state index is 0.183. The first-order chi connectivity index (χ1) is 13.0. The number of hydrogen-bond acceptors (Lipinski definition) is 4. The van der Waals surface area contributed by atoms with Crippen LogP contribution in [0.2, 0.25) is 5.02 Å². The maximum absolute atomic E-state index is 12.8. The average molecular weight is 389 g/mol. The van der Waals surface area contributed by atoms with Crippen molar-refractivity contribution in [3.8, 4) is 11.5 Å². The Morgan fingerprint density at radius 1 is 1.19 bits per heavy atom. The van der Waals surface area contributed by atoms with E-state index in [0.717, 1.165) is 17.1 Å². The largest absolute Gasteiger partial charge is 0.497 e. The molecule has 2 amide bonds. The second-order valence-electron chi connectivity index (χ2n) is 6.18. The molecule has 6 nitrogen and oxygen atoms in total. The lowest BCUT2D eigenvalue weighted by atomic mass is 10.1. The Morgan fingerprint density at radius 2 is 1.89 bits per heavy atom. The van der Waals surface area contributed by atoms with E-state index in [1.807, 2.05) is 30.3 Å². The van der Waals surface area contributed by atoms with Gasteiger partial charge >= 0.3 is 0 Å². The SMILES string of the molecule is COc1ccc(OCCCN2C(=O)C(NC(C)=O)c3cccc(Cl)c32)cc1. The van der Waals surface area contributed by atoms with Crippen molar-refractivity contribution in [2.75, 3.05) is 25.2 Å². The summed E-state index contributed by atoms with van der Waals surface area (Å²) in [5, 5.41) is 3.19. The molecule has 0 aliphatic carbocycles. The number of amides is 2. The van der Waals surface area contributed by atoms with Crippen molar-refractivity contribution in [3.63, 3.8) is 0 Å². The number of rotatable bonds is 7. The minimum atomic E-state index is -0.696. The van der Waals surface area contributed by atoms with E-state index in [4.69, 9.17) is 21.1 Å². The molecule has 1 N–H and O–H groups in total. The second-order valence-corrected chi connectivity index (χ2v) is 6.59. The van der Waals surface area contributed by atoms with Gasteiger partial charge in [0.05, 0.1) is 24.4 Å². The fourth-order valence-corrected chi connectivity index (χ4v) is 3.38. The van der Waals surface area contributed by atoms with E-state index in [1.165, 1.54) is 6.92 Å². The van der Waals surface area contributed by atoms with Gasteiger partial charge in [-0.25, -0.2) is 0 Å². The van der Waals surface area contributed by atoms with Crippen molar-refractivity contribution in [1.82, 2.24) is 5.32 Å². The maximum atomic E-state index is 12.8. The van der Waals surface area contributed by atoms with E-state index in [2.05, 4.69) is 5.32 Å². The third kappa shape index (κ3) is 4.17. The predicted molar refractivity (Wildman–Crippen MR) is 103 cm³/mol. The smallest absolute Gasteiger partial charge is 0.254 e. The standard InChI is InChI=1S/C20H21ClN2O4/c1-13(24)22-18-16-5-3-6-17(21)19(16)23(20(18)25)11-4-12-27-15-9-7-14(26-2)8-10-15/h3,5-10,18H,4,11-12H2,1-2H3,(H,22,24). The van der Waals surface area contributed by atoms with E-state index in [0.29, 0.717) is 30.3 Å². The normalized spacial score (nSPS) is 15.4. The molecule has 0 saturated carbocycles. The fraction of sp³-hybridized carbons (Fsp3) is 0.300. The summed E-state index contributed by atoms with van der Waals surface area (Å²) in [7, 11) is 1.61. The van der Waals surface area contributed by atoms with Crippen LogP contribution in [0.5, 0.6) is 11.5 Å². The molecule has 27 heavy (non-hydrogen) atoms. The molecule has 0 bridgehead atoms. The second kappa shape index (κ2) is 8.31. The zero-order chi connectivity index (χ0) is 19.4. The van der Waals surface area contributed by atoms with Crippen LogP contribution in [-0.4, -0.2) is 32.1 Å². The van der Waals surface area contributed by atoms with E-state index < -0.39 is 6.04 Å². The monoisotopic (exact) mass is 388 g/mol. The van der Waals surface area contributed by atoms with E-state index >= 15 is 0 Å². The summed E-state index contributed by atoms with van der Waals surface area (Å²) in [6, 6.07) is 12.0. The van der Waals surface area contributed by atoms with Crippen LogP contribution in [0.3, 0.4) is 0 Å². The molecule has 1 aliphatic rings. The van der Waals surface area contributed by atoms with Crippen molar-refractivity contribution in [2.45, 2.75) is 19.4 Å². The molecule has 7 heteroatoms. The van der Waals surface area contributed by atoms with Crippen molar-refractivity contribution >= 4 is 29.1 Å². The zero-order valence-corrected chi connectivity index (χ0v) is 16.0. The molecule has 0 spiro atoms. The number of hydrogen-bond donors (Lipinski definition) is 1. The average Bonchev–Trinajstić information content (AvgIpc) is 2.92. The van der Waals surface area contributed by atoms with Gasteiger partial charge in [0.1, 0.15) is 17.5 Å². The molecular weight excluding hydrogens is 368 g/mol. The number of para-hydroxylation sites is 1. The maximum Gasteiger partial charge on any atom is 0.254 e. The van der Waals surface area contributed by atoms with Gasteiger partial charge in [0.2, 0.25) is 5.91 Å². The highest BCUT2D eigenvalue weighted by atomic mass is 35.5. The summed E-state index contributed by atoms with van der Waals surface area (Å²) in [5.74, 6) is 1.06. The molecule has 142 valence electrons. The van der Waals surface area contributed by atoms with Crippen LogP contribution in [0.15, 0.2) is 42.5 Å². The fourth-order valence-electron chi connectivity index (χ4n) is 3.10. The number of fused-ring (bicyclic) bond motifs is 1. The highest BCUT2D eigenvalue weighted by molar-refractivity contribution is 6.34. The summed E-state index contributed by atoms with van der Waals surface area (Å²) >= 11 is 6.32. The molecule has 1 aliphatic heterocycles. The third-order valence-electron chi connectivity index (χ3n) is 4.31. The van der Waals surface area contributed by atoms with Gasteiger partial charge in [0.25, 0.3) is 5.91 Å². The highest BCUT2D eigenvalue weighted by Crippen LogP contribution is 2.41. The lowest BCUT2D eigenvalue weighted by molar-refractivity contribution is -0.126. The molecule has 3 rings (SSSR count). The lowest BCUT2D eigenvalue weighted by Gasteiger charge is -2.19. The van der Waals surface area contributed by atoms with Crippen molar-refractivity contribution in [2.24, 2.45) is 0 Å². The summed E-state index contributed by atoms with van der Waals surface area (Å²) in [5.41, 5.74) is 1.38. The molecule has 0 aromatic heterocycles. The number of halogens is 1. The Morgan fingerprint density at radius 3 is 2.56 bits per heavy atom. The first-order valence-electron chi connectivity index (χ1n) is 8.65. The lowest BCUT2D eigenvalue weighted by Crippen LogP contribution is -2.37. The number of nitrogens with zero attached hydrogens (tertiary/aromatic N) is 1. The van der Waals surface area contributed by atoms with Gasteiger partial charge in [-0.3, -0.25) is 9.59 Å². The number of carbonyl (C=O) groups is 2. The van der Waals surface area contributed by atoms with Crippen LogP contribution in [-0.2, 0) is 9.59 Å². The quantitative estimate of drug-likeness (QED) is 0.739. The molecule has 1 atom stereocenters. The van der Waals surface area contributed by atoms with E-state index in [1.54, 1.807) is 24.1 Å². The molecule has 2 aromatic carbocycles. The number of nitrogens with one attached hydrogen (secondary N) is 1. The van der Waals surface area contributed by atoms with Gasteiger partial charge in [-0.05, 0) is 36.8 Å². The molecule has 2 aromatic rings. The number of ether oxygens (including phenoxy) is 2. The highest BCUT2D eigenvalue weighted by Gasteiger charge is 2.38. The van der Waals surface area contributed by atoms with Gasteiger partial charge in [-0.1, -0.05) is 23.7 Å². The van der Waals surface area contributed by atoms with Gasteiger partial charge in [-0.15, -0.1) is 0 Å². The molecule has 0 saturated heterocycles. The van der Waals surface area contributed by atoms with E-state index in [9.17, 15) is 9.59 Å². The van der Waals surface area contributed by atoms with E-state index in [-0.39, 0.29) is 11.8 Å². The van der Waals surface area contributed by atoms with Crippen LogP contribution in [0.4, 0.5) is 5.69 Å². The van der Waals surface area contributed by atoms with Crippen LogP contribution in [0.1, 0.15) is 24.9 Å². The summed E-state index contributed by atoms with van der Waals surface area (Å²) < 4.78 is 10.8. The van der Waals surface area contributed by atoms with Crippen LogP contribution in [0.25, 0.3) is 0 Å². The first kappa shape index (κ1) is 19.0. The minimum Gasteiger partial charge on any atom is -0.497 e. The predicted octanol–water partition coefficient (Wildman–Crippen LogP) is 3.34. The molecular formula is C20H21ClN2O4. The Hall–Kier alpha value is -2.73. The number of methoxy groups -OCH3 is 1. The molecule has 0 fully saturated rings. The molecule has 1 heterocycles. The van der Waals surface area contributed by atoms with Crippen molar-refractivity contribution in [1.29, 1.82) is 0 Å². The van der Waals surface area contributed by atoms with Crippen molar-refractivity contribution in [3.05, 3.63) is 53.1 Å². The molecule has 0 radical (unpaired) electrons. The summed E-state index contributed by atoms with van der Waals surface area (Å²) in [4.78, 5) is 25.9. The number of anilines is 1. The van der Waals surface area contributed by atoms with Crippen LogP contribution >= 0.6 is 11.6 Å². The first-order valence-corrected chi connectivity index (χ1v) is 9.03. The third-order valence-corrected chi connectivity index (χ3v) is 4.62. The van der Waals surface area contributed by atoms with Gasteiger partial charge in [0, 0.05) is 19.0 Å². The topological polar surface area (TPSA) is 67.9 Å². The summed E-state index contributed by atoms with van der Waals surface area (Å²) in [6.45, 7) is 2.28. The van der Waals surface area contributed by atoms with Gasteiger partial charge < -0.3 is 19.7 Å². The Balaban J connectivity index is 1.64. The Labute approximate surface area is 163 Å². The van der Waals surface area contributed by atoms with Crippen LogP contribution < -0.4 is 19.7 Å². The van der Waals surface area contributed by atoms with Crippen LogP contribution in [0, 0.1) is 0 Å². The number of benzene rings is 2. The number of carbonyl (C=O) groups excluding carboxylic acids is 2. The summed E-state index contributed by atoms with van der Waals surface area (Å²) in [6.07, 6.45) is 0.620. The zero-order valence-electron chi connectivity index (χ0n) is 15.2. The van der Waals surface area contributed by atoms with Gasteiger partial charge in [-0.2, -0.15) is 0 Å².